The van der Waals surface area contributed by atoms with E-state index in [0.717, 1.165) is 23.7 Å². The van der Waals surface area contributed by atoms with Gasteiger partial charge in [0.2, 0.25) is 0 Å². The number of nitrogens with one attached hydrogen (secondary N) is 1. The molecule has 0 bridgehead atoms. The fourth-order valence-electron chi connectivity index (χ4n) is 3.02. The molecule has 1 aromatic carbocycles. The molecular weight excluding hydrogens is 459 g/mol. The van der Waals surface area contributed by atoms with Crippen LogP contribution in [0, 0.1) is 0 Å². The van der Waals surface area contributed by atoms with Crippen LogP contribution < -0.4 is 5.32 Å². The molecule has 2 aromatic rings. The third-order valence-electron chi connectivity index (χ3n) is 4.61. The Bertz CT molecular complexity index is 937. The van der Waals surface area contributed by atoms with Crippen LogP contribution in [-0.2, 0) is 17.8 Å². The van der Waals surface area contributed by atoms with Gasteiger partial charge in [0, 0.05) is 42.8 Å². The average Bonchev–Trinajstić information content (AvgIpc) is 3.15. The Kier molecular flexibility index (Phi) is 7.80. The van der Waals surface area contributed by atoms with Crippen molar-refractivity contribution < 1.29 is 14.3 Å². The lowest BCUT2D eigenvalue weighted by Crippen LogP contribution is -2.49. The van der Waals surface area contributed by atoms with Crippen molar-refractivity contribution in [3.05, 3.63) is 49.9 Å². The highest BCUT2D eigenvalue weighted by Gasteiger charge is 2.26. The molecule has 10 heteroatoms. The van der Waals surface area contributed by atoms with Crippen molar-refractivity contribution in [3.63, 3.8) is 0 Å². The van der Waals surface area contributed by atoms with Gasteiger partial charge in [0.1, 0.15) is 15.5 Å². The molecular formula is C21H26Cl2N4O3S. The maximum absolute atomic E-state index is 12.5. The van der Waals surface area contributed by atoms with Gasteiger partial charge in [-0.3, -0.25) is 9.69 Å². The number of piperazine rings is 1. The molecule has 168 valence electrons. The molecule has 1 saturated heterocycles. The van der Waals surface area contributed by atoms with E-state index in [9.17, 15) is 9.59 Å². The molecule has 0 aliphatic carbocycles. The number of carbonyl (C=O) groups is 2. The normalized spacial score (nSPS) is 15.1. The first-order chi connectivity index (χ1) is 14.6. The second kappa shape index (κ2) is 10.2. The fourth-order valence-corrected chi connectivity index (χ4v) is 4.37. The van der Waals surface area contributed by atoms with Gasteiger partial charge in [0.15, 0.2) is 0 Å². The van der Waals surface area contributed by atoms with E-state index in [4.69, 9.17) is 27.9 Å². The molecule has 1 N–H and O–H groups in total. The van der Waals surface area contributed by atoms with Gasteiger partial charge < -0.3 is 15.0 Å². The summed E-state index contributed by atoms with van der Waals surface area (Å²) in [5.41, 5.74) is 0.303. The molecule has 1 fully saturated rings. The Labute approximate surface area is 196 Å². The molecule has 0 saturated carbocycles. The van der Waals surface area contributed by atoms with Crippen LogP contribution in [0.1, 0.15) is 41.0 Å². The Hall–Kier alpha value is -1.87. The lowest BCUT2D eigenvalue weighted by molar-refractivity contribution is 0.0139. The van der Waals surface area contributed by atoms with Crippen molar-refractivity contribution in [1.82, 2.24) is 20.1 Å². The Morgan fingerprint density at radius 3 is 2.55 bits per heavy atom. The topological polar surface area (TPSA) is 74.8 Å². The number of thiazole rings is 1. The summed E-state index contributed by atoms with van der Waals surface area (Å²) in [5.74, 6) is -0.190. The summed E-state index contributed by atoms with van der Waals surface area (Å²) in [6.45, 7) is 9.22. The molecule has 2 amide bonds. The molecule has 0 unspecified atom stereocenters. The van der Waals surface area contributed by atoms with Gasteiger partial charge in [0.25, 0.3) is 5.91 Å². The Morgan fingerprint density at radius 1 is 1.19 bits per heavy atom. The molecule has 0 radical (unpaired) electrons. The SMILES string of the molecule is CC(C)(C)OC(=O)N1CCN(Cc2ncc(C(=O)NCc3ccc(Cl)cc3Cl)s2)CC1. The largest absolute Gasteiger partial charge is 0.444 e. The zero-order valence-corrected chi connectivity index (χ0v) is 20.1. The van der Waals surface area contributed by atoms with Crippen LogP contribution in [0.5, 0.6) is 0 Å². The highest BCUT2D eigenvalue weighted by Crippen LogP contribution is 2.21. The van der Waals surface area contributed by atoms with Crippen LogP contribution in [0.25, 0.3) is 0 Å². The van der Waals surface area contributed by atoms with Gasteiger partial charge in [-0.05, 0) is 38.5 Å². The van der Waals surface area contributed by atoms with Crippen molar-refractivity contribution in [1.29, 1.82) is 0 Å². The number of hydrogen-bond donors (Lipinski definition) is 1. The third-order valence-corrected chi connectivity index (χ3v) is 6.18. The molecule has 31 heavy (non-hydrogen) atoms. The van der Waals surface area contributed by atoms with Crippen LogP contribution in [0.3, 0.4) is 0 Å². The zero-order chi connectivity index (χ0) is 22.6. The van der Waals surface area contributed by atoms with E-state index in [1.807, 2.05) is 20.8 Å². The number of nitrogens with zero attached hydrogens (tertiary/aromatic N) is 3. The molecule has 1 aliphatic heterocycles. The van der Waals surface area contributed by atoms with Gasteiger partial charge in [-0.25, -0.2) is 9.78 Å². The first-order valence-electron chi connectivity index (χ1n) is 9.98. The van der Waals surface area contributed by atoms with Gasteiger partial charge in [0.05, 0.1) is 12.7 Å². The zero-order valence-electron chi connectivity index (χ0n) is 17.8. The number of halogens is 2. The highest BCUT2D eigenvalue weighted by atomic mass is 35.5. The van der Waals surface area contributed by atoms with Crippen LogP contribution in [0.15, 0.2) is 24.4 Å². The van der Waals surface area contributed by atoms with Crippen LogP contribution >= 0.6 is 34.5 Å². The lowest BCUT2D eigenvalue weighted by Gasteiger charge is -2.35. The van der Waals surface area contributed by atoms with E-state index in [1.165, 1.54) is 11.3 Å². The molecule has 0 spiro atoms. The first-order valence-corrected chi connectivity index (χ1v) is 11.5. The summed E-state index contributed by atoms with van der Waals surface area (Å²) < 4.78 is 5.43. The third kappa shape index (κ3) is 7.07. The number of rotatable bonds is 5. The number of hydrogen-bond acceptors (Lipinski definition) is 6. The molecule has 2 heterocycles. The van der Waals surface area contributed by atoms with Crippen molar-refractivity contribution in [2.24, 2.45) is 0 Å². The second-order valence-electron chi connectivity index (χ2n) is 8.28. The Balaban J connectivity index is 1.47. The van der Waals surface area contributed by atoms with Crippen LogP contribution in [0.4, 0.5) is 4.79 Å². The van der Waals surface area contributed by atoms with Crippen LogP contribution in [-0.4, -0.2) is 58.6 Å². The molecule has 7 nitrogen and oxygen atoms in total. The minimum atomic E-state index is -0.495. The van der Waals surface area contributed by atoms with Crippen molar-refractivity contribution in [2.45, 2.75) is 39.5 Å². The van der Waals surface area contributed by atoms with Gasteiger partial charge in [-0.2, -0.15) is 0 Å². The Morgan fingerprint density at radius 2 is 1.90 bits per heavy atom. The quantitative estimate of drug-likeness (QED) is 0.678. The van der Waals surface area contributed by atoms with Crippen LogP contribution in [0.2, 0.25) is 10.0 Å². The maximum atomic E-state index is 12.5. The second-order valence-corrected chi connectivity index (χ2v) is 10.2. The molecule has 1 aliphatic rings. The summed E-state index contributed by atoms with van der Waals surface area (Å²) in [5, 5.41) is 4.79. The van der Waals surface area contributed by atoms with E-state index in [-0.39, 0.29) is 12.0 Å². The maximum Gasteiger partial charge on any atom is 0.410 e. The summed E-state index contributed by atoms with van der Waals surface area (Å²) in [7, 11) is 0. The number of amides is 2. The van der Waals surface area contributed by atoms with Crippen molar-refractivity contribution in [3.8, 4) is 0 Å². The highest BCUT2D eigenvalue weighted by molar-refractivity contribution is 7.13. The fraction of sp³-hybridized carbons (Fsp3) is 0.476. The molecule has 0 atom stereocenters. The van der Waals surface area contributed by atoms with Gasteiger partial charge in [-0.15, -0.1) is 11.3 Å². The lowest BCUT2D eigenvalue weighted by atomic mass is 10.2. The average molecular weight is 485 g/mol. The van der Waals surface area contributed by atoms with E-state index in [2.05, 4.69) is 15.2 Å². The van der Waals surface area contributed by atoms with E-state index < -0.39 is 5.60 Å². The predicted molar refractivity (Wildman–Crippen MR) is 123 cm³/mol. The summed E-state index contributed by atoms with van der Waals surface area (Å²) in [6, 6.07) is 5.18. The summed E-state index contributed by atoms with van der Waals surface area (Å²) in [4.78, 5) is 33.5. The minimum absolute atomic E-state index is 0.190. The minimum Gasteiger partial charge on any atom is -0.444 e. The van der Waals surface area contributed by atoms with Gasteiger partial charge >= 0.3 is 6.09 Å². The first kappa shape index (κ1) is 23.8. The van der Waals surface area contributed by atoms with Gasteiger partial charge in [-0.1, -0.05) is 29.3 Å². The number of carbonyl (C=O) groups excluding carboxylic acids is 2. The van der Waals surface area contributed by atoms with Crippen molar-refractivity contribution in [2.75, 3.05) is 26.2 Å². The molecule has 3 rings (SSSR count). The van der Waals surface area contributed by atoms with Crippen molar-refractivity contribution >= 4 is 46.5 Å². The summed E-state index contributed by atoms with van der Waals surface area (Å²) in [6.07, 6.45) is 1.32. The number of ether oxygens (including phenoxy) is 1. The smallest absolute Gasteiger partial charge is 0.410 e. The van der Waals surface area contributed by atoms with E-state index >= 15 is 0 Å². The number of aromatic nitrogens is 1. The summed E-state index contributed by atoms with van der Waals surface area (Å²) >= 11 is 13.4. The monoisotopic (exact) mass is 484 g/mol. The van der Waals surface area contributed by atoms with E-state index in [0.29, 0.717) is 41.1 Å². The standard InChI is InChI=1S/C21H26Cl2N4O3S/c1-21(2,3)30-20(29)27-8-6-26(7-9-27)13-18-24-12-17(31-18)19(28)25-11-14-4-5-15(22)10-16(14)23/h4-5,10,12H,6-9,11,13H2,1-3H3,(H,25,28). The van der Waals surface area contributed by atoms with E-state index in [1.54, 1.807) is 29.3 Å². The number of benzene rings is 1. The molecule has 1 aromatic heterocycles. The predicted octanol–water partition coefficient (Wildman–Crippen LogP) is 4.43.